The van der Waals surface area contributed by atoms with Crippen molar-refractivity contribution in [2.24, 2.45) is 0 Å². The van der Waals surface area contributed by atoms with E-state index in [2.05, 4.69) is 27.1 Å². The minimum absolute atomic E-state index is 0.210. The van der Waals surface area contributed by atoms with Crippen LogP contribution < -0.4 is 11.5 Å². The fraction of sp³-hybridized carbons (Fsp3) is 0.444. The zero-order chi connectivity index (χ0) is 9.97. The quantitative estimate of drug-likeness (QED) is 0.642. The molecule has 1 aliphatic carbocycles. The molecule has 4 N–H and O–H groups in total. The second-order valence-electron chi connectivity index (χ2n) is 3.39. The summed E-state index contributed by atoms with van der Waals surface area (Å²) in [5.41, 5.74) is 11.0. The lowest BCUT2D eigenvalue weighted by Gasteiger charge is -2.16. The average molecular weight is 191 g/mol. The predicted octanol–water partition coefficient (Wildman–Crippen LogP) is 0.860. The van der Waals surface area contributed by atoms with Crippen LogP contribution in [0.5, 0.6) is 0 Å². The van der Waals surface area contributed by atoms with Gasteiger partial charge in [-0.05, 0) is 19.3 Å². The van der Waals surface area contributed by atoms with Crippen molar-refractivity contribution < 1.29 is 0 Å². The van der Waals surface area contributed by atoms with Gasteiger partial charge in [0.15, 0.2) is 0 Å². The second kappa shape index (κ2) is 3.61. The first-order valence-electron chi connectivity index (χ1n) is 4.67. The molecule has 0 fully saturated rings. The molecule has 0 bridgehead atoms. The SMILES string of the molecule is Nc1nc(N)nc(C2CC=CCC2)n1. The number of allylic oxidation sites excluding steroid dienone is 2. The summed E-state index contributed by atoms with van der Waals surface area (Å²) >= 11 is 0. The van der Waals surface area contributed by atoms with Crippen molar-refractivity contribution >= 4 is 11.9 Å². The van der Waals surface area contributed by atoms with Crippen LogP contribution in [0.3, 0.4) is 0 Å². The highest BCUT2D eigenvalue weighted by Crippen LogP contribution is 2.26. The molecule has 1 heterocycles. The van der Waals surface area contributed by atoms with Crippen molar-refractivity contribution in [1.82, 2.24) is 15.0 Å². The number of hydrogen-bond donors (Lipinski definition) is 2. The lowest BCUT2D eigenvalue weighted by molar-refractivity contribution is 0.581. The van der Waals surface area contributed by atoms with Crippen LogP contribution in [-0.4, -0.2) is 15.0 Å². The Bertz CT molecular complexity index is 340. The van der Waals surface area contributed by atoms with E-state index in [1.54, 1.807) is 0 Å². The Morgan fingerprint density at radius 1 is 1.07 bits per heavy atom. The van der Waals surface area contributed by atoms with Gasteiger partial charge in [0.1, 0.15) is 5.82 Å². The number of aromatic nitrogens is 3. The molecule has 0 radical (unpaired) electrons. The molecule has 2 rings (SSSR count). The monoisotopic (exact) mass is 191 g/mol. The third-order valence-corrected chi connectivity index (χ3v) is 2.32. The van der Waals surface area contributed by atoms with E-state index < -0.39 is 0 Å². The smallest absolute Gasteiger partial charge is 0.225 e. The molecule has 0 aliphatic heterocycles. The summed E-state index contributed by atoms with van der Waals surface area (Å²) in [6.45, 7) is 0. The molecular weight excluding hydrogens is 178 g/mol. The number of nitrogen functional groups attached to an aromatic ring is 2. The van der Waals surface area contributed by atoms with E-state index in [0.717, 1.165) is 25.1 Å². The van der Waals surface area contributed by atoms with Crippen LogP contribution in [0, 0.1) is 0 Å². The van der Waals surface area contributed by atoms with Gasteiger partial charge in [-0.25, -0.2) is 0 Å². The zero-order valence-corrected chi connectivity index (χ0v) is 7.85. The van der Waals surface area contributed by atoms with Crippen molar-refractivity contribution in [3.8, 4) is 0 Å². The fourth-order valence-corrected chi connectivity index (χ4v) is 1.64. The van der Waals surface area contributed by atoms with Crippen molar-refractivity contribution in [2.45, 2.75) is 25.2 Å². The third kappa shape index (κ3) is 1.81. The molecule has 5 heteroatoms. The Morgan fingerprint density at radius 3 is 2.36 bits per heavy atom. The van der Waals surface area contributed by atoms with Gasteiger partial charge in [-0.1, -0.05) is 12.2 Å². The number of anilines is 2. The highest BCUT2D eigenvalue weighted by Gasteiger charge is 2.16. The third-order valence-electron chi connectivity index (χ3n) is 2.32. The molecule has 74 valence electrons. The summed E-state index contributed by atoms with van der Waals surface area (Å²) in [4.78, 5) is 11.9. The first kappa shape index (κ1) is 8.93. The molecule has 0 spiro atoms. The lowest BCUT2D eigenvalue weighted by atomic mass is 9.94. The lowest BCUT2D eigenvalue weighted by Crippen LogP contribution is -2.11. The Balaban J connectivity index is 2.26. The first-order chi connectivity index (χ1) is 6.75. The van der Waals surface area contributed by atoms with Gasteiger partial charge in [0.25, 0.3) is 0 Å². The molecule has 1 atom stereocenters. The van der Waals surface area contributed by atoms with Gasteiger partial charge in [0, 0.05) is 5.92 Å². The van der Waals surface area contributed by atoms with E-state index >= 15 is 0 Å². The van der Waals surface area contributed by atoms with Crippen molar-refractivity contribution in [1.29, 1.82) is 0 Å². The topological polar surface area (TPSA) is 90.7 Å². The molecular formula is C9H13N5. The number of nitrogens with two attached hydrogens (primary N) is 2. The van der Waals surface area contributed by atoms with E-state index in [1.165, 1.54) is 0 Å². The normalized spacial score (nSPS) is 21.0. The van der Waals surface area contributed by atoms with E-state index in [-0.39, 0.29) is 11.9 Å². The van der Waals surface area contributed by atoms with Crippen LogP contribution in [0.25, 0.3) is 0 Å². The predicted molar refractivity (Wildman–Crippen MR) is 54.4 cm³/mol. The van der Waals surface area contributed by atoms with Gasteiger partial charge in [-0.2, -0.15) is 15.0 Å². The summed E-state index contributed by atoms with van der Waals surface area (Å²) < 4.78 is 0. The minimum Gasteiger partial charge on any atom is -0.368 e. The maximum atomic E-state index is 5.51. The summed E-state index contributed by atoms with van der Waals surface area (Å²) in [5, 5.41) is 0. The minimum atomic E-state index is 0.210. The van der Waals surface area contributed by atoms with Gasteiger partial charge in [-0.15, -0.1) is 0 Å². The fourth-order valence-electron chi connectivity index (χ4n) is 1.64. The molecule has 1 aliphatic rings. The summed E-state index contributed by atoms with van der Waals surface area (Å²) in [5.74, 6) is 1.48. The molecule has 1 aromatic rings. The molecule has 14 heavy (non-hydrogen) atoms. The van der Waals surface area contributed by atoms with Gasteiger partial charge in [-0.3, -0.25) is 0 Å². The molecule has 0 amide bonds. The molecule has 0 saturated carbocycles. The van der Waals surface area contributed by atoms with Crippen LogP contribution in [-0.2, 0) is 0 Å². The second-order valence-corrected chi connectivity index (χ2v) is 3.39. The Hall–Kier alpha value is -1.65. The molecule has 1 unspecified atom stereocenters. The van der Waals surface area contributed by atoms with E-state index in [1.807, 2.05) is 0 Å². The Labute approximate surface area is 82.3 Å². The zero-order valence-electron chi connectivity index (χ0n) is 7.85. The highest BCUT2D eigenvalue weighted by atomic mass is 15.1. The maximum Gasteiger partial charge on any atom is 0.225 e. The largest absolute Gasteiger partial charge is 0.368 e. The maximum absolute atomic E-state index is 5.51. The van der Waals surface area contributed by atoms with Crippen LogP contribution in [0.1, 0.15) is 31.0 Å². The molecule has 5 nitrogen and oxygen atoms in total. The van der Waals surface area contributed by atoms with Gasteiger partial charge >= 0.3 is 0 Å². The summed E-state index contributed by atoms with van der Waals surface area (Å²) in [6, 6.07) is 0. The van der Waals surface area contributed by atoms with Crippen molar-refractivity contribution in [3.05, 3.63) is 18.0 Å². The molecule has 0 aromatic carbocycles. The summed E-state index contributed by atoms with van der Waals surface area (Å²) in [7, 11) is 0. The average Bonchev–Trinajstić information content (AvgIpc) is 2.18. The van der Waals surface area contributed by atoms with Crippen LogP contribution in [0.4, 0.5) is 11.9 Å². The van der Waals surface area contributed by atoms with Gasteiger partial charge in [0.05, 0.1) is 0 Å². The van der Waals surface area contributed by atoms with Crippen molar-refractivity contribution in [2.75, 3.05) is 11.5 Å². The van der Waals surface area contributed by atoms with Crippen LogP contribution >= 0.6 is 0 Å². The Morgan fingerprint density at radius 2 is 1.79 bits per heavy atom. The molecule has 1 aromatic heterocycles. The van der Waals surface area contributed by atoms with Crippen LogP contribution in [0.15, 0.2) is 12.2 Å². The summed E-state index contributed by atoms with van der Waals surface area (Å²) in [6.07, 6.45) is 7.40. The van der Waals surface area contributed by atoms with Gasteiger partial charge < -0.3 is 11.5 Å². The van der Waals surface area contributed by atoms with E-state index in [0.29, 0.717) is 5.92 Å². The number of nitrogens with zero attached hydrogens (tertiary/aromatic N) is 3. The number of rotatable bonds is 1. The standard InChI is InChI=1S/C9H13N5/c10-8-12-7(13-9(11)14-8)6-4-2-1-3-5-6/h1-2,6H,3-5H2,(H4,10,11,12,13,14). The van der Waals surface area contributed by atoms with Crippen LogP contribution in [0.2, 0.25) is 0 Å². The van der Waals surface area contributed by atoms with Gasteiger partial charge in [0.2, 0.25) is 11.9 Å². The number of hydrogen-bond acceptors (Lipinski definition) is 5. The van der Waals surface area contributed by atoms with E-state index in [9.17, 15) is 0 Å². The first-order valence-corrected chi connectivity index (χ1v) is 4.67. The van der Waals surface area contributed by atoms with E-state index in [4.69, 9.17) is 11.5 Å². The van der Waals surface area contributed by atoms with Crippen molar-refractivity contribution in [3.63, 3.8) is 0 Å². The highest BCUT2D eigenvalue weighted by molar-refractivity contribution is 5.27. The Kier molecular flexibility index (Phi) is 2.30. The molecule has 0 saturated heterocycles.